The summed E-state index contributed by atoms with van der Waals surface area (Å²) in [4.78, 5) is 0. The molecule has 2 aliphatic rings. The molecule has 1 heteroatoms. The zero-order chi connectivity index (χ0) is 12.7. The molecular weight excluding hydrogens is 244 g/mol. The van der Waals surface area contributed by atoms with E-state index in [2.05, 4.69) is 66.8 Å². The molecule has 0 N–H and O–H groups in total. The van der Waals surface area contributed by atoms with Crippen LogP contribution in [0, 0.1) is 0 Å². The molecule has 0 saturated carbocycles. The van der Waals surface area contributed by atoms with Gasteiger partial charge in [-0.2, -0.15) is 0 Å². The van der Waals surface area contributed by atoms with Crippen molar-refractivity contribution < 1.29 is 0 Å². The molecule has 2 aliphatic carbocycles. The van der Waals surface area contributed by atoms with Crippen molar-refractivity contribution in [1.82, 2.24) is 0 Å². The minimum Gasteiger partial charge on any atom is -0.0806 e. The van der Waals surface area contributed by atoms with Gasteiger partial charge in [0, 0.05) is 0 Å². The van der Waals surface area contributed by atoms with Crippen LogP contribution in [-0.4, -0.2) is 9.52 Å². The lowest BCUT2D eigenvalue weighted by molar-refractivity contribution is 1.27. The van der Waals surface area contributed by atoms with Crippen LogP contribution >= 0.6 is 0 Å². The van der Waals surface area contributed by atoms with Gasteiger partial charge in [-0.1, -0.05) is 72.0 Å². The van der Waals surface area contributed by atoms with Crippen molar-refractivity contribution in [3.63, 3.8) is 0 Å². The molecule has 2 aromatic carbocycles. The first-order valence-electron chi connectivity index (χ1n) is 6.96. The first kappa shape index (κ1) is 11.0. The summed E-state index contributed by atoms with van der Waals surface area (Å²) in [6.45, 7) is 0. The largest absolute Gasteiger partial charge is 0.0806 e. The quantitative estimate of drug-likeness (QED) is 0.621. The van der Waals surface area contributed by atoms with E-state index in [-0.39, 0.29) is 9.52 Å². The molecule has 0 spiro atoms. The molecule has 0 aliphatic heterocycles. The van der Waals surface area contributed by atoms with Crippen LogP contribution in [0.25, 0.3) is 11.1 Å². The van der Waals surface area contributed by atoms with E-state index >= 15 is 0 Å². The number of allylic oxidation sites excluding steroid dienone is 4. The van der Waals surface area contributed by atoms with Crippen molar-refractivity contribution >= 4 is 14.7 Å². The third-order valence-electron chi connectivity index (χ3n) is 4.23. The second kappa shape index (κ2) is 4.36. The highest BCUT2D eigenvalue weighted by Crippen LogP contribution is 2.35. The molecule has 0 aromatic heterocycles. The monoisotopic (exact) mass is 260 g/mol. The maximum Gasteiger partial charge on any atom is 0.0667 e. The van der Waals surface area contributed by atoms with Crippen LogP contribution in [0.4, 0.5) is 0 Å². The van der Waals surface area contributed by atoms with Crippen molar-refractivity contribution in [2.24, 2.45) is 0 Å². The van der Waals surface area contributed by atoms with Gasteiger partial charge in [-0.25, -0.2) is 0 Å². The minimum atomic E-state index is -0.245. The predicted molar refractivity (Wildman–Crippen MR) is 84.9 cm³/mol. The Morgan fingerprint density at radius 2 is 1.63 bits per heavy atom. The lowest BCUT2D eigenvalue weighted by Crippen LogP contribution is -2.21. The second-order valence-corrected chi connectivity index (χ2v) is 7.53. The first-order chi connectivity index (χ1) is 9.42. The number of hydrogen-bond donors (Lipinski definition) is 0. The Hall–Kier alpha value is -1.86. The van der Waals surface area contributed by atoms with Crippen LogP contribution in [0.15, 0.2) is 66.8 Å². The highest BCUT2D eigenvalue weighted by Gasteiger charge is 2.21. The standard InChI is InChI=1S/C18H16Si/c1-4-9-15-13(6-1)12-17-16(15)10-5-11-18(17)19-14-7-2-3-8-14/h1-11,14H,12,19H2. The van der Waals surface area contributed by atoms with Crippen molar-refractivity contribution in [2.75, 3.05) is 0 Å². The van der Waals surface area contributed by atoms with Crippen LogP contribution < -0.4 is 5.19 Å². The fraction of sp³-hybridized carbons (Fsp3) is 0.111. The van der Waals surface area contributed by atoms with Crippen LogP contribution in [0.3, 0.4) is 0 Å². The molecule has 0 atom stereocenters. The van der Waals surface area contributed by atoms with Crippen LogP contribution in [-0.2, 0) is 6.42 Å². The second-order valence-electron chi connectivity index (χ2n) is 5.41. The molecular formula is C18H16Si. The summed E-state index contributed by atoms with van der Waals surface area (Å²) < 4.78 is 0. The highest BCUT2D eigenvalue weighted by molar-refractivity contribution is 6.57. The van der Waals surface area contributed by atoms with Crippen molar-refractivity contribution in [3.8, 4) is 11.1 Å². The van der Waals surface area contributed by atoms with Gasteiger partial charge in [-0.05, 0) is 34.2 Å². The van der Waals surface area contributed by atoms with Gasteiger partial charge in [0.1, 0.15) is 0 Å². The summed E-state index contributed by atoms with van der Waals surface area (Å²) in [5.74, 6) is 0. The van der Waals surface area contributed by atoms with Crippen molar-refractivity contribution in [2.45, 2.75) is 12.0 Å². The van der Waals surface area contributed by atoms with Gasteiger partial charge in [0.05, 0.1) is 9.52 Å². The maximum absolute atomic E-state index is 2.36. The van der Waals surface area contributed by atoms with Gasteiger partial charge in [-0.15, -0.1) is 0 Å². The van der Waals surface area contributed by atoms with Gasteiger partial charge in [0.15, 0.2) is 0 Å². The topological polar surface area (TPSA) is 0 Å². The van der Waals surface area contributed by atoms with Gasteiger partial charge >= 0.3 is 0 Å². The van der Waals surface area contributed by atoms with Crippen LogP contribution in [0.5, 0.6) is 0 Å². The predicted octanol–water partition coefficient (Wildman–Crippen LogP) is 2.97. The molecule has 0 bridgehead atoms. The van der Waals surface area contributed by atoms with Crippen molar-refractivity contribution in [3.05, 3.63) is 77.9 Å². The smallest absolute Gasteiger partial charge is 0.0667 e. The third-order valence-corrected chi connectivity index (χ3v) is 6.35. The molecule has 0 heterocycles. The van der Waals surface area contributed by atoms with E-state index in [1.807, 2.05) is 0 Å². The number of rotatable bonds is 2. The molecule has 0 amide bonds. The molecule has 0 fully saturated rings. The molecule has 2 aromatic rings. The Morgan fingerprint density at radius 3 is 2.53 bits per heavy atom. The third kappa shape index (κ3) is 1.82. The molecule has 4 rings (SSSR count). The first-order valence-corrected chi connectivity index (χ1v) is 8.48. The van der Waals surface area contributed by atoms with Crippen LogP contribution in [0.1, 0.15) is 11.1 Å². The van der Waals surface area contributed by atoms with Crippen molar-refractivity contribution in [1.29, 1.82) is 0 Å². The Bertz CT molecular complexity index is 683. The SMILES string of the molecule is C1=CC([SiH2]c2cccc3c2Cc2ccccc2-3)C=C1. The number of fused-ring (bicyclic) bond motifs is 3. The number of benzene rings is 2. The fourth-order valence-corrected chi connectivity index (χ4v) is 5.21. The molecule has 92 valence electrons. The van der Waals surface area contributed by atoms with Gasteiger partial charge in [-0.3, -0.25) is 0 Å². The Labute approximate surface area is 116 Å². The molecule has 0 nitrogen and oxygen atoms in total. The Kier molecular flexibility index (Phi) is 2.52. The maximum atomic E-state index is 2.36. The fourth-order valence-electron chi connectivity index (χ4n) is 3.28. The summed E-state index contributed by atoms with van der Waals surface area (Å²) in [5, 5.41) is 1.65. The average Bonchev–Trinajstić information content (AvgIpc) is 3.06. The summed E-state index contributed by atoms with van der Waals surface area (Å²) in [6.07, 6.45) is 10.2. The van der Waals surface area contributed by atoms with E-state index < -0.39 is 0 Å². The lowest BCUT2D eigenvalue weighted by Gasteiger charge is -2.10. The lowest BCUT2D eigenvalue weighted by atomic mass is 10.1. The Balaban J connectivity index is 1.76. The summed E-state index contributed by atoms with van der Waals surface area (Å²) in [6, 6.07) is 15.7. The summed E-state index contributed by atoms with van der Waals surface area (Å²) in [5.41, 5.74) is 6.74. The normalized spacial score (nSPS) is 16.4. The van der Waals surface area contributed by atoms with Gasteiger partial charge in [0.25, 0.3) is 0 Å². The number of hydrogen-bond acceptors (Lipinski definition) is 0. The average molecular weight is 260 g/mol. The van der Waals surface area contributed by atoms with E-state index in [9.17, 15) is 0 Å². The Morgan fingerprint density at radius 1 is 0.842 bits per heavy atom. The summed E-state index contributed by atoms with van der Waals surface area (Å²) >= 11 is 0. The zero-order valence-electron chi connectivity index (χ0n) is 10.8. The minimum absolute atomic E-state index is 0.245. The van der Waals surface area contributed by atoms with Crippen LogP contribution in [0.2, 0.25) is 5.54 Å². The van der Waals surface area contributed by atoms with Gasteiger partial charge < -0.3 is 0 Å². The zero-order valence-corrected chi connectivity index (χ0v) is 12.3. The van der Waals surface area contributed by atoms with E-state index in [4.69, 9.17) is 0 Å². The molecule has 0 unspecified atom stereocenters. The highest BCUT2D eigenvalue weighted by atomic mass is 28.2. The molecule has 0 saturated heterocycles. The van der Waals surface area contributed by atoms with Gasteiger partial charge in [0.2, 0.25) is 0 Å². The van der Waals surface area contributed by atoms with E-state index in [1.54, 1.807) is 10.8 Å². The molecule has 19 heavy (non-hydrogen) atoms. The van der Waals surface area contributed by atoms with E-state index in [0.29, 0.717) is 0 Å². The van der Waals surface area contributed by atoms with E-state index in [1.165, 1.54) is 16.7 Å². The van der Waals surface area contributed by atoms with E-state index in [0.717, 1.165) is 12.0 Å². The molecule has 0 radical (unpaired) electrons. The summed E-state index contributed by atoms with van der Waals surface area (Å²) in [7, 11) is -0.245.